The van der Waals surface area contributed by atoms with E-state index in [-0.39, 0.29) is 18.4 Å². The summed E-state index contributed by atoms with van der Waals surface area (Å²) < 4.78 is 10.0. The van der Waals surface area contributed by atoms with Crippen LogP contribution in [-0.2, 0) is 9.47 Å². The number of carbonyl (C=O) groups is 2. The van der Waals surface area contributed by atoms with Gasteiger partial charge in [-0.25, -0.2) is 9.59 Å². The second-order valence-electron chi connectivity index (χ2n) is 6.38. The molecule has 0 amide bonds. The van der Waals surface area contributed by atoms with Crippen LogP contribution in [0, 0.1) is 6.92 Å². The van der Waals surface area contributed by atoms with E-state index in [2.05, 4.69) is 10.3 Å². The zero-order valence-electron chi connectivity index (χ0n) is 16.5. The van der Waals surface area contributed by atoms with Crippen molar-refractivity contribution in [1.29, 1.82) is 0 Å². The number of hydrogen-bond donors (Lipinski definition) is 1. The third kappa shape index (κ3) is 5.23. The highest BCUT2D eigenvalue weighted by Gasteiger charge is 2.12. The lowest BCUT2D eigenvalue weighted by atomic mass is 10.1. The van der Waals surface area contributed by atoms with Crippen LogP contribution < -0.4 is 5.32 Å². The summed E-state index contributed by atoms with van der Waals surface area (Å²) in [6, 6.07) is 14.2. The van der Waals surface area contributed by atoms with Gasteiger partial charge in [0, 0.05) is 22.5 Å². The zero-order valence-corrected chi connectivity index (χ0v) is 17.3. The number of hydrogen-bond acceptors (Lipinski definition) is 6. The van der Waals surface area contributed by atoms with Crippen LogP contribution in [0.3, 0.4) is 0 Å². The molecule has 0 aliphatic heterocycles. The lowest BCUT2D eigenvalue weighted by molar-refractivity contribution is 0.0504. The minimum Gasteiger partial charge on any atom is -0.465 e. The van der Waals surface area contributed by atoms with Gasteiger partial charge in [-0.1, -0.05) is 13.0 Å². The van der Waals surface area contributed by atoms with Gasteiger partial charge in [0.15, 0.2) is 0 Å². The van der Waals surface area contributed by atoms with Crippen LogP contribution in [0.15, 0.2) is 48.5 Å². The van der Waals surface area contributed by atoms with Gasteiger partial charge in [0.25, 0.3) is 0 Å². The molecule has 0 radical (unpaired) electrons. The number of benzene rings is 2. The van der Waals surface area contributed by atoms with Crippen LogP contribution in [0.25, 0.3) is 10.9 Å². The second kappa shape index (κ2) is 9.89. The number of rotatable bonds is 6. The number of methoxy groups -OCH3 is 1. The summed E-state index contributed by atoms with van der Waals surface area (Å²) in [5.41, 5.74) is 4.03. The number of pyridine rings is 1. The first-order valence-electron chi connectivity index (χ1n) is 9.05. The monoisotopic (exact) mass is 414 g/mol. The maximum absolute atomic E-state index is 12.1. The Kier molecular flexibility index (Phi) is 7.56. The normalized spacial score (nSPS) is 10.2. The average molecular weight is 415 g/mol. The van der Waals surface area contributed by atoms with Gasteiger partial charge in [-0.15, -0.1) is 12.4 Å². The Morgan fingerprint density at radius 2 is 1.79 bits per heavy atom. The molecular weight excluding hydrogens is 392 g/mol. The number of aryl methyl sites for hydroxylation is 1. The van der Waals surface area contributed by atoms with Gasteiger partial charge in [-0.2, -0.15) is 0 Å². The van der Waals surface area contributed by atoms with E-state index in [0.717, 1.165) is 34.4 Å². The molecule has 0 spiro atoms. The minimum absolute atomic E-state index is 0. The summed E-state index contributed by atoms with van der Waals surface area (Å²) in [6.07, 6.45) is 0.772. The van der Waals surface area contributed by atoms with E-state index in [1.807, 2.05) is 26.0 Å². The molecule has 0 saturated heterocycles. The fourth-order valence-corrected chi connectivity index (χ4v) is 2.86. The molecular formula is C22H23ClN2O4. The molecule has 0 unspecified atom stereocenters. The Morgan fingerprint density at radius 3 is 2.52 bits per heavy atom. The number of aromatic nitrogens is 1. The number of nitrogens with one attached hydrogen (secondary N) is 1. The van der Waals surface area contributed by atoms with Crippen molar-refractivity contribution in [3.05, 3.63) is 65.4 Å². The SMILES string of the molecule is CCCOC(=O)c1cccc(Nc2cc(C)nc3ccc(C(=O)OC)cc23)c1.Cl. The van der Waals surface area contributed by atoms with Crippen LogP contribution in [-0.4, -0.2) is 30.6 Å². The topological polar surface area (TPSA) is 77.5 Å². The number of nitrogens with zero attached hydrogens (tertiary/aromatic N) is 1. The van der Waals surface area contributed by atoms with Gasteiger partial charge in [0.1, 0.15) is 0 Å². The molecule has 0 fully saturated rings. The van der Waals surface area contributed by atoms with Gasteiger partial charge in [0.05, 0.1) is 30.4 Å². The molecule has 152 valence electrons. The first-order valence-corrected chi connectivity index (χ1v) is 9.05. The van der Waals surface area contributed by atoms with Crippen LogP contribution in [0.1, 0.15) is 39.8 Å². The van der Waals surface area contributed by atoms with E-state index in [1.165, 1.54) is 7.11 Å². The van der Waals surface area contributed by atoms with Crippen molar-refractivity contribution in [3.63, 3.8) is 0 Å². The molecule has 0 aliphatic rings. The summed E-state index contributed by atoms with van der Waals surface area (Å²) in [6.45, 7) is 4.24. The molecule has 7 heteroatoms. The fourth-order valence-electron chi connectivity index (χ4n) is 2.86. The van der Waals surface area contributed by atoms with Gasteiger partial charge in [0.2, 0.25) is 0 Å². The van der Waals surface area contributed by atoms with E-state index >= 15 is 0 Å². The van der Waals surface area contributed by atoms with Crippen molar-refractivity contribution < 1.29 is 19.1 Å². The Labute approximate surface area is 175 Å². The van der Waals surface area contributed by atoms with Gasteiger partial charge in [-0.05, 0) is 55.8 Å². The molecule has 6 nitrogen and oxygen atoms in total. The first kappa shape index (κ1) is 22.2. The average Bonchev–Trinajstić information content (AvgIpc) is 2.71. The van der Waals surface area contributed by atoms with Crippen LogP contribution in [0.2, 0.25) is 0 Å². The van der Waals surface area contributed by atoms with E-state index in [1.54, 1.807) is 36.4 Å². The molecule has 0 atom stereocenters. The first-order chi connectivity index (χ1) is 13.5. The molecule has 2 aromatic carbocycles. The van der Waals surface area contributed by atoms with Crippen molar-refractivity contribution in [2.75, 3.05) is 19.0 Å². The van der Waals surface area contributed by atoms with Crippen LogP contribution in [0.5, 0.6) is 0 Å². The lowest BCUT2D eigenvalue weighted by Gasteiger charge is -2.13. The Morgan fingerprint density at radius 1 is 1.03 bits per heavy atom. The third-order valence-corrected chi connectivity index (χ3v) is 4.17. The smallest absolute Gasteiger partial charge is 0.338 e. The quantitative estimate of drug-likeness (QED) is 0.568. The zero-order chi connectivity index (χ0) is 20.1. The second-order valence-corrected chi connectivity index (χ2v) is 6.38. The fraction of sp³-hybridized carbons (Fsp3) is 0.227. The highest BCUT2D eigenvalue weighted by atomic mass is 35.5. The maximum Gasteiger partial charge on any atom is 0.338 e. The number of fused-ring (bicyclic) bond motifs is 1. The van der Waals surface area contributed by atoms with Crippen molar-refractivity contribution in [3.8, 4) is 0 Å². The Bertz CT molecular complexity index is 1040. The third-order valence-electron chi connectivity index (χ3n) is 4.17. The maximum atomic E-state index is 12.1. The Hall–Kier alpha value is -3.12. The van der Waals surface area contributed by atoms with Gasteiger partial charge >= 0.3 is 11.9 Å². The molecule has 1 heterocycles. The molecule has 0 aliphatic carbocycles. The predicted molar refractivity (Wildman–Crippen MR) is 115 cm³/mol. The van der Waals surface area contributed by atoms with Gasteiger partial charge in [-0.3, -0.25) is 4.98 Å². The number of halogens is 1. The molecule has 0 saturated carbocycles. The molecule has 0 bridgehead atoms. The molecule has 3 rings (SSSR count). The van der Waals surface area contributed by atoms with Crippen molar-refractivity contribution >= 4 is 46.6 Å². The summed E-state index contributed by atoms with van der Waals surface area (Å²) in [4.78, 5) is 28.5. The molecule has 3 aromatic rings. The standard InChI is InChI=1S/C22H22N2O4.ClH/c1-4-10-28-22(26)15-6-5-7-17(12-15)24-20-11-14(2)23-19-9-8-16(13-18(19)20)21(25)27-3;/h5-9,11-13H,4,10H2,1-3H3,(H,23,24);1H. The van der Waals surface area contributed by atoms with Gasteiger partial charge < -0.3 is 14.8 Å². The summed E-state index contributed by atoms with van der Waals surface area (Å²) in [5.74, 6) is -0.761. The van der Waals surface area contributed by atoms with E-state index in [9.17, 15) is 9.59 Å². The number of ether oxygens (including phenoxy) is 2. The summed E-state index contributed by atoms with van der Waals surface area (Å²) in [5, 5.41) is 4.11. The predicted octanol–water partition coefficient (Wildman–Crippen LogP) is 5.06. The minimum atomic E-state index is -0.408. The lowest BCUT2D eigenvalue weighted by Crippen LogP contribution is -2.06. The summed E-state index contributed by atoms with van der Waals surface area (Å²) in [7, 11) is 1.35. The molecule has 1 N–H and O–H groups in total. The Balaban J connectivity index is 0.00000300. The molecule has 29 heavy (non-hydrogen) atoms. The highest BCUT2D eigenvalue weighted by Crippen LogP contribution is 2.28. The van der Waals surface area contributed by atoms with Crippen molar-refractivity contribution in [2.45, 2.75) is 20.3 Å². The number of anilines is 2. The van der Waals surface area contributed by atoms with E-state index < -0.39 is 5.97 Å². The highest BCUT2D eigenvalue weighted by molar-refractivity contribution is 6.00. The van der Waals surface area contributed by atoms with Crippen LogP contribution >= 0.6 is 12.4 Å². The molecule has 1 aromatic heterocycles. The van der Waals surface area contributed by atoms with Crippen molar-refractivity contribution in [1.82, 2.24) is 4.98 Å². The largest absolute Gasteiger partial charge is 0.465 e. The number of esters is 2. The summed E-state index contributed by atoms with van der Waals surface area (Å²) >= 11 is 0. The van der Waals surface area contributed by atoms with Crippen LogP contribution in [0.4, 0.5) is 11.4 Å². The van der Waals surface area contributed by atoms with Crippen molar-refractivity contribution in [2.24, 2.45) is 0 Å². The van der Waals surface area contributed by atoms with E-state index in [4.69, 9.17) is 9.47 Å². The number of carbonyl (C=O) groups excluding carboxylic acids is 2. The van der Waals surface area contributed by atoms with E-state index in [0.29, 0.717) is 17.7 Å².